The lowest BCUT2D eigenvalue weighted by molar-refractivity contribution is -0.142. The number of carbonyl (C=O) groups excluding carboxylic acids is 2. The first kappa shape index (κ1) is 21.1. The number of hydrogen-bond donors (Lipinski definition) is 0. The van der Waals surface area contributed by atoms with Crippen molar-refractivity contribution in [2.75, 3.05) is 26.7 Å². The fourth-order valence-electron chi connectivity index (χ4n) is 5.19. The average Bonchev–Trinajstić information content (AvgIpc) is 3.40. The van der Waals surface area contributed by atoms with Crippen molar-refractivity contribution in [3.8, 4) is 0 Å². The Morgan fingerprint density at radius 1 is 1.37 bits per heavy atom. The number of likely N-dealkylation sites (tertiary alicyclic amines) is 1. The van der Waals surface area contributed by atoms with E-state index in [1.165, 1.54) is 0 Å². The lowest BCUT2D eigenvalue weighted by Crippen LogP contribution is -2.45. The van der Waals surface area contributed by atoms with E-state index in [4.69, 9.17) is 4.74 Å². The summed E-state index contributed by atoms with van der Waals surface area (Å²) < 4.78 is 8.22. The third-order valence-electron chi connectivity index (χ3n) is 6.78. The maximum absolute atomic E-state index is 13.3. The van der Waals surface area contributed by atoms with Gasteiger partial charge in [0.15, 0.2) is 0 Å². The van der Waals surface area contributed by atoms with Crippen LogP contribution in [0, 0.1) is 31.6 Å². The molecule has 3 aliphatic heterocycles. The Bertz CT molecular complexity index is 861. The highest BCUT2D eigenvalue weighted by molar-refractivity contribution is 5.93. The van der Waals surface area contributed by atoms with Gasteiger partial charge in [-0.05, 0) is 38.7 Å². The fourth-order valence-corrected chi connectivity index (χ4v) is 5.19. The standard InChI is InChI=1S/C23H34N4O3/c1-15(2)8-12-26-14-23-9-7-18(30-23)19(20(23)22(26)29)21(28)25(5)10-6-11-27-17(4)13-16(3)24-27/h7,9,13,15,18-20H,6,8,10-12,14H2,1-5H3/t18-,19-,20+,23-/m0/s1. The normalized spacial score (nSPS) is 29.3. The van der Waals surface area contributed by atoms with Crippen molar-refractivity contribution < 1.29 is 14.3 Å². The topological polar surface area (TPSA) is 67.7 Å². The number of rotatable bonds is 8. The summed E-state index contributed by atoms with van der Waals surface area (Å²) in [7, 11) is 1.84. The van der Waals surface area contributed by atoms with Gasteiger partial charge in [-0.3, -0.25) is 14.3 Å². The van der Waals surface area contributed by atoms with Gasteiger partial charge in [0.1, 0.15) is 5.60 Å². The van der Waals surface area contributed by atoms with Gasteiger partial charge in [0.25, 0.3) is 0 Å². The molecule has 4 atom stereocenters. The smallest absolute Gasteiger partial charge is 0.230 e. The third kappa shape index (κ3) is 3.57. The molecule has 3 aliphatic rings. The molecule has 2 amide bonds. The van der Waals surface area contributed by atoms with E-state index in [0.717, 1.165) is 37.3 Å². The summed E-state index contributed by atoms with van der Waals surface area (Å²) in [5.41, 5.74) is 1.53. The van der Waals surface area contributed by atoms with E-state index in [1.54, 1.807) is 4.90 Å². The van der Waals surface area contributed by atoms with Crippen LogP contribution in [-0.4, -0.2) is 69.8 Å². The summed E-state index contributed by atoms with van der Waals surface area (Å²) in [5.74, 6) is -0.161. The molecule has 2 fully saturated rings. The van der Waals surface area contributed by atoms with Gasteiger partial charge in [0.2, 0.25) is 11.8 Å². The largest absolute Gasteiger partial charge is 0.360 e. The minimum absolute atomic E-state index is 0.0173. The molecule has 0 saturated carbocycles. The number of aromatic nitrogens is 2. The van der Waals surface area contributed by atoms with E-state index < -0.39 is 11.5 Å². The number of nitrogens with zero attached hydrogens (tertiary/aromatic N) is 4. The third-order valence-corrected chi connectivity index (χ3v) is 6.78. The molecule has 0 aromatic carbocycles. The molecule has 4 heterocycles. The molecule has 1 aromatic rings. The van der Waals surface area contributed by atoms with Crippen molar-refractivity contribution in [2.24, 2.45) is 17.8 Å². The molecule has 0 unspecified atom stereocenters. The number of fused-ring (bicyclic) bond motifs is 1. The van der Waals surface area contributed by atoms with Crippen molar-refractivity contribution in [1.82, 2.24) is 19.6 Å². The average molecular weight is 415 g/mol. The SMILES string of the molecule is Cc1cc(C)n(CCCN(C)C(=O)[C@H]2[C@@H]3C=C[C@@]4(CN(CCC(C)C)C(=O)[C@@H]24)O3)n1. The van der Waals surface area contributed by atoms with Gasteiger partial charge < -0.3 is 14.5 Å². The fraction of sp³-hybridized carbons (Fsp3) is 0.696. The first-order valence-electron chi connectivity index (χ1n) is 11.1. The highest BCUT2D eigenvalue weighted by Crippen LogP contribution is 2.52. The van der Waals surface area contributed by atoms with Gasteiger partial charge >= 0.3 is 0 Å². The van der Waals surface area contributed by atoms with Crippen LogP contribution in [0.15, 0.2) is 18.2 Å². The number of hydrogen-bond acceptors (Lipinski definition) is 4. The van der Waals surface area contributed by atoms with Crippen LogP contribution in [0.3, 0.4) is 0 Å². The molecule has 2 saturated heterocycles. The molecule has 164 valence electrons. The Morgan fingerprint density at radius 3 is 2.80 bits per heavy atom. The molecule has 1 aromatic heterocycles. The molecule has 7 nitrogen and oxygen atoms in total. The Kier molecular flexibility index (Phi) is 5.51. The second kappa shape index (κ2) is 7.84. The number of ether oxygens (including phenoxy) is 1. The molecule has 0 aliphatic carbocycles. The van der Waals surface area contributed by atoms with Crippen LogP contribution in [0.5, 0.6) is 0 Å². The number of amides is 2. The van der Waals surface area contributed by atoms with Crippen LogP contribution in [0.25, 0.3) is 0 Å². The first-order chi connectivity index (χ1) is 14.2. The Morgan fingerprint density at radius 2 is 2.13 bits per heavy atom. The zero-order valence-corrected chi connectivity index (χ0v) is 18.8. The molecule has 1 spiro atoms. The zero-order chi connectivity index (χ0) is 21.6. The predicted molar refractivity (Wildman–Crippen MR) is 114 cm³/mol. The monoisotopic (exact) mass is 414 g/mol. The maximum Gasteiger partial charge on any atom is 0.230 e. The lowest BCUT2D eigenvalue weighted by atomic mass is 9.76. The molecular formula is C23H34N4O3. The van der Waals surface area contributed by atoms with Crippen molar-refractivity contribution in [3.63, 3.8) is 0 Å². The zero-order valence-electron chi connectivity index (χ0n) is 18.8. The minimum atomic E-state index is -0.608. The van der Waals surface area contributed by atoms with Gasteiger partial charge in [0, 0.05) is 32.4 Å². The quantitative estimate of drug-likeness (QED) is 0.612. The van der Waals surface area contributed by atoms with Crippen LogP contribution < -0.4 is 0 Å². The summed E-state index contributed by atoms with van der Waals surface area (Å²) in [6.45, 7) is 11.1. The van der Waals surface area contributed by atoms with Crippen molar-refractivity contribution in [3.05, 3.63) is 29.6 Å². The van der Waals surface area contributed by atoms with Crippen LogP contribution in [0.2, 0.25) is 0 Å². The van der Waals surface area contributed by atoms with Crippen molar-refractivity contribution >= 4 is 11.8 Å². The Hall–Kier alpha value is -2.15. The molecule has 30 heavy (non-hydrogen) atoms. The van der Waals surface area contributed by atoms with Gasteiger partial charge in [0.05, 0.1) is 30.2 Å². The van der Waals surface area contributed by atoms with Gasteiger partial charge in [-0.1, -0.05) is 26.0 Å². The maximum atomic E-state index is 13.3. The number of carbonyl (C=O) groups is 2. The summed E-state index contributed by atoms with van der Waals surface area (Å²) in [6, 6.07) is 2.06. The molecule has 4 rings (SSSR count). The van der Waals surface area contributed by atoms with Crippen LogP contribution in [-0.2, 0) is 20.9 Å². The highest BCUT2D eigenvalue weighted by atomic mass is 16.5. The summed E-state index contributed by atoms with van der Waals surface area (Å²) in [6.07, 6.45) is 5.52. The molecule has 0 radical (unpaired) electrons. The van der Waals surface area contributed by atoms with E-state index in [-0.39, 0.29) is 23.8 Å². The van der Waals surface area contributed by atoms with Gasteiger partial charge in [-0.15, -0.1) is 0 Å². The predicted octanol–water partition coefficient (Wildman–Crippen LogP) is 2.18. The number of aryl methyl sites for hydroxylation is 3. The van der Waals surface area contributed by atoms with Gasteiger partial charge in [-0.25, -0.2) is 0 Å². The summed E-state index contributed by atoms with van der Waals surface area (Å²) in [5, 5.41) is 4.49. The van der Waals surface area contributed by atoms with Crippen LogP contribution in [0.4, 0.5) is 0 Å². The van der Waals surface area contributed by atoms with E-state index in [2.05, 4.69) is 25.0 Å². The highest BCUT2D eigenvalue weighted by Gasteiger charge is 2.66. The van der Waals surface area contributed by atoms with Crippen LogP contribution in [0.1, 0.15) is 38.1 Å². The van der Waals surface area contributed by atoms with Crippen LogP contribution >= 0.6 is 0 Å². The summed E-state index contributed by atoms with van der Waals surface area (Å²) >= 11 is 0. The molecule has 7 heteroatoms. The molecule has 0 N–H and O–H groups in total. The van der Waals surface area contributed by atoms with E-state index >= 15 is 0 Å². The Labute approximate surface area is 179 Å². The van der Waals surface area contributed by atoms with Crippen molar-refractivity contribution in [1.29, 1.82) is 0 Å². The van der Waals surface area contributed by atoms with Crippen molar-refractivity contribution in [2.45, 2.75) is 58.8 Å². The second-order valence-electron chi connectivity index (χ2n) is 9.61. The summed E-state index contributed by atoms with van der Waals surface area (Å²) in [4.78, 5) is 30.2. The molecule has 2 bridgehead atoms. The van der Waals surface area contributed by atoms with E-state index in [9.17, 15) is 9.59 Å². The second-order valence-corrected chi connectivity index (χ2v) is 9.61. The van der Waals surface area contributed by atoms with E-state index in [0.29, 0.717) is 19.0 Å². The van der Waals surface area contributed by atoms with E-state index in [1.807, 2.05) is 42.6 Å². The van der Waals surface area contributed by atoms with Gasteiger partial charge in [-0.2, -0.15) is 5.10 Å². The first-order valence-corrected chi connectivity index (χ1v) is 11.1. The molecular weight excluding hydrogens is 380 g/mol. The Balaban J connectivity index is 1.39. The lowest BCUT2D eigenvalue weighted by Gasteiger charge is -2.28. The minimum Gasteiger partial charge on any atom is -0.360 e.